The summed E-state index contributed by atoms with van der Waals surface area (Å²) in [5.74, 6) is 3.14. The quantitative estimate of drug-likeness (QED) is 0.293. The second kappa shape index (κ2) is 9.34. The van der Waals surface area contributed by atoms with Crippen LogP contribution < -0.4 is 0 Å². The number of halogens is 1. The summed E-state index contributed by atoms with van der Waals surface area (Å²) in [4.78, 5) is 0.155. The Kier molecular flexibility index (Phi) is 7.02. The molecule has 3 rings (SSSR count). The number of aryl methyl sites for hydroxylation is 1. The van der Waals surface area contributed by atoms with Crippen molar-refractivity contribution in [2.24, 2.45) is 0 Å². The van der Waals surface area contributed by atoms with Gasteiger partial charge in [0.2, 0.25) is 0 Å². The molecule has 0 N–H and O–H groups in total. The minimum atomic E-state index is -3.89. The Bertz CT molecular complexity index is 1150. The molecule has 156 valence electrons. The number of rotatable bonds is 4. The molecule has 0 bridgehead atoms. The molecular weight excluding hydrogens is 507 g/mol. The van der Waals surface area contributed by atoms with Crippen LogP contribution in [0, 0.1) is 20.3 Å². The van der Waals surface area contributed by atoms with Gasteiger partial charge in [-0.2, -0.15) is 0 Å². The van der Waals surface area contributed by atoms with Crippen LogP contribution in [0.5, 0.6) is 0 Å². The van der Waals surface area contributed by atoms with Crippen molar-refractivity contribution in [1.29, 1.82) is 0 Å². The van der Waals surface area contributed by atoms with Crippen LogP contribution in [0.3, 0.4) is 0 Å². The summed E-state index contributed by atoms with van der Waals surface area (Å²) in [6, 6.07) is 24.2. The summed E-state index contributed by atoms with van der Waals surface area (Å²) in [7, 11) is -3.89. The van der Waals surface area contributed by atoms with Gasteiger partial charge >= 0.3 is 188 Å². The van der Waals surface area contributed by atoms with Crippen LogP contribution in [-0.4, -0.2) is 8.42 Å². The fraction of sp³-hybridized carbons (Fsp3) is 0.200. The Balaban J connectivity index is 1.91. The molecule has 0 aromatic heterocycles. The molecule has 3 nitrogen and oxygen atoms in total. The van der Waals surface area contributed by atoms with Gasteiger partial charge in [-0.25, -0.2) is 0 Å². The van der Waals surface area contributed by atoms with Crippen molar-refractivity contribution in [2.45, 2.75) is 38.0 Å². The zero-order chi connectivity index (χ0) is 21.8. The topological polar surface area (TPSA) is 43.4 Å². The first-order valence-corrected chi connectivity index (χ1v) is 14.0. The second-order valence-electron chi connectivity index (χ2n) is 7.92. The molecule has 0 atom stereocenters. The minimum absolute atomic E-state index is 0.0691. The average Bonchev–Trinajstić information content (AvgIpc) is 2.72. The van der Waals surface area contributed by atoms with Crippen molar-refractivity contribution in [2.75, 3.05) is 0 Å². The Morgan fingerprint density at radius 2 is 1.43 bits per heavy atom. The summed E-state index contributed by atoms with van der Waals surface area (Å²) < 4.78 is 35.4. The van der Waals surface area contributed by atoms with Crippen LogP contribution in [0.25, 0.3) is 0 Å². The molecule has 30 heavy (non-hydrogen) atoms. The van der Waals surface area contributed by atoms with E-state index in [0.717, 1.165) is 14.7 Å². The van der Waals surface area contributed by atoms with E-state index >= 15 is 0 Å². The van der Waals surface area contributed by atoms with Gasteiger partial charge in [-0.1, -0.05) is 0 Å². The van der Waals surface area contributed by atoms with Gasteiger partial charge in [-0.05, 0) is 0 Å². The third-order valence-corrected chi connectivity index (χ3v) is 10.7. The van der Waals surface area contributed by atoms with Crippen molar-refractivity contribution in [1.82, 2.24) is 0 Å². The van der Waals surface area contributed by atoms with Crippen LogP contribution in [0.15, 0.2) is 83.8 Å². The molecule has 0 aliphatic carbocycles. The second-order valence-corrected chi connectivity index (χ2v) is 13.7. The van der Waals surface area contributed by atoms with Gasteiger partial charge in [0, 0.05) is 0 Å². The average molecular weight is 532 g/mol. The number of hydrogen-bond acceptors (Lipinski definition) is 3. The van der Waals surface area contributed by atoms with E-state index < -0.39 is 30.4 Å². The maximum absolute atomic E-state index is 12.8. The molecule has 0 saturated heterocycles. The monoisotopic (exact) mass is 532 g/mol. The van der Waals surface area contributed by atoms with E-state index in [-0.39, 0.29) is 10.3 Å². The van der Waals surface area contributed by atoms with E-state index in [0.29, 0.717) is 0 Å². The van der Waals surface area contributed by atoms with Crippen molar-refractivity contribution < 1.29 is 10.9 Å². The van der Waals surface area contributed by atoms with Crippen molar-refractivity contribution in [3.63, 3.8) is 0 Å². The summed E-state index contributed by atoms with van der Waals surface area (Å²) >= 11 is -2.78. The molecule has 5 heteroatoms. The van der Waals surface area contributed by atoms with Gasteiger partial charge in [-0.15, -0.1) is 0 Å². The summed E-state index contributed by atoms with van der Waals surface area (Å²) in [6.45, 7) is 8.40. The summed E-state index contributed by atoms with van der Waals surface area (Å²) in [5.41, 5.74) is 3.13. The Morgan fingerprint density at radius 1 is 0.833 bits per heavy atom. The molecule has 0 spiro atoms. The molecule has 0 heterocycles. The normalized spacial score (nSPS) is 12.1. The van der Waals surface area contributed by atoms with E-state index in [2.05, 4.69) is 42.8 Å². The van der Waals surface area contributed by atoms with Crippen LogP contribution in [-0.2, 0) is 18.0 Å². The molecule has 3 aromatic carbocycles. The van der Waals surface area contributed by atoms with Crippen LogP contribution in [0.1, 0.15) is 37.5 Å². The van der Waals surface area contributed by atoms with Gasteiger partial charge < -0.3 is 0 Å². The predicted molar refractivity (Wildman–Crippen MR) is 131 cm³/mol. The standard InChI is InChI=1S/C25H25IO3S/c1-20-10-16-24(17-11-20)30(27,28)29-26(23-8-6-5-7-9-23)19-18-21-12-14-22(15-13-21)25(2,3)4/h5-17H,1-4H3. The SMILES string of the molecule is Cc1ccc(S(=O)(=O)OI(C#Cc2ccc(C(C)(C)C)cc2)c2ccccc2)cc1. The predicted octanol–water partition coefficient (Wildman–Crippen LogP) is 6.30. The molecule has 0 unspecified atom stereocenters. The molecule has 3 aromatic rings. The zero-order valence-electron chi connectivity index (χ0n) is 17.5. The molecule has 0 saturated carbocycles. The van der Waals surface area contributed by atoms with Gasteiger partial charge in [0.1, 0.15) is 0 Å². The fourth-order valence-electron chi connectivity index (χ4n) is 2.61. The van der Waals surface area contributed by atoms with Crippen molar-refractivity contribution in [3.05, 3.63) is 99.1 Å². The fourth-order valence-corrected chi connectivity index (χ4v) is 8.29. The molecule has 0 aliphatic rings. The van der Waals surface area contributed by atoms with Gasteiger partial charge in [0.25, 0.3) is 0 Å². The first kappa shape index (κ1) is 22.5. The van der Waals surface area contributed by atoms with E-state index in [1.807, 2.05) is 49.4 Å². The third-order valence-electron chi connectivity index (χ3n) is 4.42. The Labute approximate surface area is 187 Å². The molecule has 0 fully saturated rings. The zero-order valence-corrected chi connectivity index (χ0v) is 20.5. The van der Waals surface area contributed by atoms with Gasteiger partial charge in [0.15, 0.2) is 0 Å². The van der Waals surface area contributed by atoms with Gasteiger partial charge in [-0.3, -0.25) is 0 Å². The number of benzene rings is 3. The first-order chi connectivity index (χ1) is 14.1. The maximum atomic E-state index is 12.8. The number of hydrogen-bond donors (Lipinski definition) is 0. The van der Waals surface area contributed by atoms with E-state index in [1.165, 1.54) is 5.56 Å². The van der Waals surface area contributed by atoms with E-state index in [9.17, 15) is 8.42 Å². The summed E-state index contributed by atoms with van der Waals surface area (Å²) in [6.07, 6.45) is 0. The molecule has 0 radical (unpaired) electrons. The Morgan fingerprint density at radius 3 is 2.00 bits per heavy atom. The van der Waals surface area contributed by atoms with E-state index in [1.54, 1.807) is 24.3 Å². The molecular formula is C25H25IO3S. The Hall–Kier alpha value is -2.14. The summed E-state index contributed by atoms with van der Waals surface area (Å²) in [5, 5.41) is 0. The first-order valence-electron chi connectivity index (χ1n) is 9.54. The molecule has 0 amide bonds. The van der Waals surface area contributed by atoms with Crippen molar-refractivity contribution in [3.8, 4) is 9.85 Å². The van der Waals surface area contributed by atoms with Crippen molar-refractivity contribution >= 4 is 30.4 Å². The third kappa shape index (κ3) is 5.94. The molecule has 0 aliphatic heterocycles. The van der Waals surface area contributed by atoms with Gasteiger partial charge in [0.05, 0.1) is 0 Å². The van der Waals surface area contributed by atoms with Crippen LogP contribution in [0.2, 0.25) is 0 Å². The van der Waals surface area contributed by atoms with E-state index in [4.69, 9.17) is 2.51 Å². The van der Waals surface area contributed by atoms with Crippen LogP contribution in [0.4, 0.5) is 0 Å². The van der Waals surface area contributed by atoms with Crippen LogP contribution >= 0.6 is 20.2 Å².